The lowest BCUT2D eigenvalue weighted by molar-refractivity contribution is 0.111. The number of aromatic hydroxyl groups is 1. The number of ether oxygens (including phenoxy) is 1. The highest BCUT2D eigenvalue weighted by atomic mass is 16.5. The molecule has 0 radical (unpaired) electrons. The van der Waals surface area contributed by atoms with Crippen molar-refractivity contribution in [1.82, 2.24) is 20.2 Å². The van der Waals surface area contributed by atoms with Crippen LogP contribution in [0.3, 0.4) is 0 Å². The number of rotatable bonds is 5. The van der Waals surface area contributed by atoms with E-state index < -0.39 is 0 Å². The second kappa shape index (κ2) is 9.12. The molecule has 2 N–H and O–H groups in total. The van der Waals surface area contributed by atoms with E-state index in [1.807, 2.05) is 24.3 Å². The van der Waals surface area contributed by atoms with Crippen LogP contribution in [0.25, 0.3) is 33.3 Å². The van der Waals surface area contributed by atoms with Crippen LogP contribution in [-0.4, -0.2) is 70.4 Å². The van der Waals surface area contributed by atoms with Crippen molar-refractivity contribution in [2.24, 2.45) is 0 Å². The van der Waals surface area contributed by atoms with E-state index in [9.17, 15) is 5.11 Å². The molecule has 2 unspecified atom stereocenters. The van der Waals surface area contributed by atoms with Gasteiger partial charge in [0.25, 0.3) is 0 Å². The van der Waals surface area contributed by atoms with Crippen LogP contribution >= 0.6 is 0 Å². The van der Waals surface area contributed by atoms with Crippen LogP contribution < -0.4 is 15.0 Å². The second-order valence-corrected chi connectivity index (χ2v) is 11.9. The van der Waals surface area contributed by atoms with Crippen LogP contribution in [0.1, 0.15) is 44.1 Å². The molecule has 8 nitrogen and oxygen atoms in total. The smallest absolute Gasteiger partial charge is 0.228 e. The molecule has 4 aliphatic rings. The Hall–Kier alpha value is -3.80. The van der Waals surface area contributed by atoms with E-state index >= 15 is 0 Å². The fourth-order valence-electron chi connectivity index (χ4n) is 7.64. The third kappa shape index (κ3) is 3.83. The summed E-state index contributed by atoms with van der Waals surface area (Å²) < 4.78 is 13.0. The Balaban J connectivity index is 1.24. The predicted octanol–water partition coefficient (Wildman–Crippen LogP) is 4.68. The quantitative estimate of drug-likeness (QED) is 0.357. The molecule has 0 aliphatic carbocycles. The van der Waals surface area contributed by atoms with E-state index in [-0.39, 0.29) is 11.3 Å². The van der Waals surface area contributed by atoms with Gasteiger partial charge < -0.3 is 24.5 Å². The molecule has 8 heteroatoms. The molecule has 4 aromatic rings. The number of hydrogen-bond donors (Lipinski definition) is 2. The van der Waals surface area contributed by atoms with Crippen LogP contribution in [0.4, 0.5) is 5.82 Å². The minimum Gasteiger partial charge on any atom is -0.508 e. The summed E-state index contributed by atoms with van der Waals surface area (Å²) in [7, 11) is 0. The first-order valence-corrected chi connectivity index (χ1v) is 14.5. The maximum absolute atomic E-state index is 10.6. The summed E-state index contributed by atoms with van der Waals surface area (Å²) >= 11 is 0. The summed E-state index contributed by atoms with van der Waals surface area (Å²) in [6.45, 7) is 4.70. The van der Waals surface area contributed by atoms with Crippen LogP contribution in [0, 0.1) is 12.3 Å². The third-order valence-electron chi connectivity index (χ3n) is 9.50. The molecular weight excluding hydrogens is 502 g/mol. The molecule has 4 saturated heterocycles. The predicted molar refractivity (Wildman–Crippen MR) is 155 cm³/mol. The monoisotopic (exact) mass is 535 g/mol. The van der Waals surface area contributed by atoms with Gasteiger partial charge in [-0.3, -0.25) is 4.90 Å². The minimum atomic E-state index is 0.131. The van der Waals surface area contributed by atoms with Gasteiger partial charge in [0.2, 0.25) is 11.8 Å². The molecule has 6 heterocycles. The SMILES string of the molecule is C#Cc1cccc2cc(O)cc(-c3nc4cc(OCC56CCCN5CCC6)nc(N5CC6CCC(C5)N6)c4o3)c12. The number of aromatic nitrogens is 2. The van der Waals surface area contributed by atoms with Crippen molar-refractivity contribution in [3.63, 3.8) is 0 Å². The number of phenolic OH excluding ortho intramolecular Hbond substituents is 1. The Kier molecular flexibility index (Phi) is 5.48. The fraction of sp³-hybridized carbons (Fsp3) is 0.438. The summed E-state index contributed by atoms with van der Waals surface area (Å²) in [5.74, 6) is 4.69. The van der Waals surface area contributed by atoms with Crippen LogP contribution in [0.15, 0.2) is 40.8 Å². The minimum absolute atomic E-state index is 0.131. The van der Waals surface area contributed by atoms with Crippen molar-refractivity contribution in [1.29, 1.82) is 0 Å². The Bertz CT molecular complexity index is 1650. The van der Waals surface area contributed by atoms with Gasteiger partial charge in [0, 0.05) is 47.8 Å². The molecule has 0 saturated carbocycles. The molecule has 2 aromatic carbocycles. The number of terminal acetylenes is 1. The zero-order chi connectivity index (χ0) is 26.8. The van der Waals surface area contributed by atoms with Gasteiger partial charge in [0.15, 0.2) is 11.4 Å². The molecule has 8 rings (SSSR count). The maximum atomic E-state index is 10.6. The molecule has 40 heavy (non-hydrogen) atoms. The number of anilines is 1. The van der Waals surface area contributed by atoms with E-state index in [2.05, 4.69) is 21.0 Å². The highest BCUT2D eigenvalue weighted by Gasteiger charge is 2.45. The zero-order valence-electron chi connectivity index (χ0n) is 22.5. The van der Waals surface area contributed by atoms with E-state index in [1.165, 1.54) is 38.5 Å². The Labute approximate surface area is 233 Å². The molecule has 4 fully saturated rings. The maximum Gasteiger partial charge on any atom is 0.228 e. The average molecular weight is 536 g/mol. The summed E-state index contributed by atoms with van der Waals surface area (Å²) in [5, 5.41) is 15.9. The normalized spacial score (nSPS) is 23.6. The first-order chi connectivity index (χ1) is 19.6. The molecular formula is C32H33N5O3. The Morgan fingerprint density at radius 3 is 2.67 bits per heavy atom. The molecule has 4 aliphatic heterocycles. The standard InChI is InChI=1S/C32H33N5O3/c1-2-20-6-3-7-21-14-24(38)15-25(28(20)21)31-34-26-16-27(39-19-32-10-4-12-37(32)13-5-11-32)35-30(29(26)40-31)36-17-22-8-9-23(18-36)33-22/h1,3,6-7,14-16,22-23,33,38H,4-5,8-13,17-19H2. The highest BCUT2D eigenvalue weighted by Crippen LogP contribution is 2.41. The van der Waals surface area contributed by atoms with E-state index in [1.54, 1.807) is 12.1 Å². The number of piperazine rings is 1. The van der Waals surface area contributed by atoms with Crippen LogP contribution in [0.5, 0.6) is 11.6 Å². The average Bonchev–Trinajstić information content (AvgIpc) is 3.73. The number of hydrogen-bond acceptors (Lipinski definition) is 8. The van der Waals surface area contributed by atoms with Crippen LogP contribution in [-0.2, 0) is 0 Å². The van der Waals surface area contributed by atoms with Gasteiger partial charge in [-0.15, -0.1) is 6.42 Å². The van der Waals surface area contributed by atoms with E-state index in [0.717, 1.165) is 48.3 Å². The Morgan fingerprint density at radius 1 is 1.10 bits per heavy atom. The summed E-state index contributed by atoms with van der Waals surface area (Å²) in [6, 6.07) is 11.9. The number of nitrogens with one attached hydrogen (secondary N) is 1. The lowest BCUT2D eigenvalue weighted by atomic mass is 9.95. The van der Waals surface area contributed by atoms with Crippen molar-refractivity contribution in [3.8, 4) is 35.4 Å². The van der Waals surface area contributed by atoms with Crippen molar-refractivity contribution < 1.29 is 14.3 Å². The molecule has 0 amide bonds. The van der Waals surface area contributed by atoms with E-state index in [0.29, 0.717) is 47.1 Å². The number of benzene rings is 2. The largest absolute Gasteiger partial charge is 0.508 e. The summed E-state index contributed by atoms with van der Waals surface area (Å²) in [6.07, 6.45) is 13.0. The van der Waals surface area contributed by atoms with Gasteiger partial charge in [0.05, 0.1) is 5.54 Å². The van der Waals surface area contributed by atoms with E-state index in [4.69, 9.17) is 25.5 Å². The number of pyridine rings is 1. The van der Waals surface area contributed by atoms with Gasteiger partial charge in [-0.25, -0.2) is 4.98 Å². The zero-order valence-corrected chi connectivity index (χ0v) is 22.5. The highest BCUT2D eigenvalue weighted by molar-refractivity contribution is 6.01. The first-order valence-electron chi connectivity index (χ1n) is 14.5. The first kappa shape index (κ1) is 24.0. The lowest BCUT2D eigenvalue weighted by Gasteiger charge is -2.34. The summed E-state index contributed by atoms with van der Waals surface area (Å²) in [5.41, 5.74) is 2.86. The van der Waals surface area contributed by atoms with Crippen LogP contribution in [0.2, 0.25) is 0 Å². The summed E-state index contributed by atoms with van der Waals surface area (Å²) in [4.78, 5) is 14.9. The topological polar surface area (TPSA) is 86.9 Å². The number of fused-ring (bicyclic) bond motifs is 5. The number of nitrogens with zero attached hydrogens (tertiary/aromatic N) is 4. The fourth-order valence-corrected chi connectivity index (χ4v) is 7.64. The molecule has 2 aromatic heterocycles. The van der Waals surface area contributed by atoms with Crippen molar-refractivity contribution in [2.45, 2.75) is 56.1 Å². The van der Waals surface area contributed by atoms with Crippen molar-refractivity contribution >= 4 is 27.7 Å². The van der Waals surface area contributed by atoms with Gasteiger partial charge in [-0.2, -0.15) is 4.98 Å². The third-order valence-corrected chi connectivity index (χ3v) is 9.50. The molecule has 2 atom stereocenters. The van der Waals surface area contributed by atoms with Crippen molar-refractivity contribution in [2.75, 3.05) is 37.7 Å². The lowest BCUT2D eigenvalue weighted by Crippen LogP contribution is -2.51. The molecule has 2 bridgehead atoms. The molecule has 0 spiro atoms. The van der Waals surface area contributed by atoms with Crippen molar-refractivity contribution in [3.05, 3.63) is 42.0 Å². The Morgan fingerprint density at radius 2 is 1.90 bits per heavy atom. The van der Waals surface area contributed by atoms with Gasteiger partial charge >= 0.3 is 0 Å². The van der Waals surface area contributed by atoms with Gasteiger partial charge in [-0.1, -0.05) is 18.1 Å². The number of phenols is 1. The molecule has 204 valence electrons. The number of oxazole rings is 1. The second-order valence-electron chi connectivity index (χ2n) is 11.9. The van der Waals surface area contributed by atoms with Gasteiger partial charge in [-0.05, 0) is 75.2 Å². The van der Waals surface area contributed by atoms with Gasteiger partial charge in [0.1, 0.15) is 17.9 Å².